The normalized spacial score (nSPS) is 38.2. The van der Waals surface area contributed by atoms with Crippen molar-refractivity contribution < 1.29 is 9.59 Å². The number of fused-ring (bicyclic) bond motifs is 1. The second-order valence-electron chi connectivity index (χ2n) is 6.12. The van der Waals surface area contributed by atoms with E-state index in [0.717, 1.165) is 13.1 Å². The average Bonchev–Trinajstić information content (AvgIpc) is 2.91. The number of piperidine rings is 1. The van der Waals surface area contributed by atoms with E-state index in [4.69, 9.17) is 11.5 Å². The number of likely N-dealkylation sites (tertiary alicyclic amines) is 1. The monoisotopic (exact) mass is 298 g/mol. The van der Waals surface area contributed by atoms with Crippen molar-refractivity contribution in [3.05, 3.63) is 0 Å². The Hall–Kier alpha value is -0.790. The van der Waals surface area contributed by atoms with Crippen LogP contribution in [0.1, 0.15) is 25.7 Å². The van der Waals surface area contributed by atoms with Gasteiger partial charge in [0.1, 0.15) is 11.6 Å². The lowest BCUT2D eigenvalue weighted by molar-refractivity contribution is -0.138. The van der Waals surface area contributed by atoms with Crippen molar-refractivity contribution >= 4 is 23.6 Å². The predicted molar refractivity (Wildman–Crippen MR) is 77.9 cm³/mol. The molecule has 3 heterocycles. The summed E-state index contributed by atoms with van der Waals surface area (Å²) in [5, 5.41) is 0.0230. The molecule has 0 radical (unpaired) electrons. The van der Waals surface area contributed by atoms with Crippen LogP contribution in [-0.2, 0) is 9.59 Å². The van der Waals surface area contributed by atoms with E-state index in [1.165, 1.54) is 19.3 Å². The fourth-order valence-electron chi connectivity index (χ4n) is 3.52. The molecule has 3 aliphatic heterocycles. The molecule has 3 fully saturated rings. The van der Waals surface area contributed by atoms with E-state index in [0.29, 0.717) is 18.7 Å². The van der Waals surface area contributed by atoms with E-state index < -0.39 is 17.5 Å². The molecule has 0 aromatic carbocycles. The number of nitrogens with two attached hydrogens (primary N) is 2. The highest BCUT2D eigenvalue weighted by Crippen LogP contribution is 2.41. The quantitative estimate of drug-likeness (QED) is 0.721. The summed E-state index contributed by atoms with van der Waals surface area (Å²) in [7, 11) is 0. The standard InChI is InChI=1S/C13H22N4O2S/c14-11(18)9-7-20-10-6-13(15,12(19)17(9)10)8-16-4-2-1-3-5-16/h9-10H,1-8,15H2,(H2,14,18)/t9-,10-,13-/m0/s1. The van der Waals surface area contributed by atoms with Crippen molar-refractivity contribution in [1.29, 1.82) is 0 Å². The van der Waals surface area contributed by atoms with Crippen LogP contribution in [0.15, 0.2) is 0 Å². The van der Waals surface area contributed by atoms with Gasteiger partial charge >= 0.3 is 0 Å². The van der Waals surface area contributed by atoms with E-state index in [-0.39, 0.29) is 11.3 Å². The summed E-state index contributed by atoms with van der Waals surface area (Å²) >= 11 is 1.62. The van der Waals surface area contributed by atoms with Gasteiger partial charge in [-0.2, -0.15) is 0 Å². The number of carbonyl (C=O) groups is 2. The Balaban J connectivity index is 1.72. The summed E-state index contributed by atoms with van der Waals surface area (Å²) in [6, 6.07) is -0.482. The van der Waals surface area contributed by atoms with Gasteiger partial charge < -0.3 is 21.3 Å². The SMILES string of the molecule is NC(=O)[C@@H]1CS[C@H]2C[C@](N)(CN3CCCCC3)C(=O)N21. The van der Waals surface area contributed by atoms with Gasteiger partial charge in [0, 0.05) is 18.7 Å². The minimum atomic E-state index is -0.844. The Labute approximate surface area is 123 Å². The van der Waals surface area contributed by atoms with Crippen molar-refractivity contribution in [3.63, 3.8) is 0 Å². The smallest absolute Gasteiger partial charge is 0.245 e. The largest absolute Gasteiger partial charge is 0.368 e. The highest BCUT2D eigenvalue weighted by atomic mass is 32.2. The van der Waals surface area contributed by atoms with Gasteiger partial charge in [0.15, 0.2) is 0 Å². The lowest BCUT2D eigenvalue weighted by Gasteiger charge is -2.34. The Morgan fingerprint density at radius 2 is 2.05 bits per heavy atom. The zero-order valence-electron chi connectivity index (χ0n) is 11.6. The number of nitrogens with zero attached hydrogens (tertiary/aromatic N) is 2. The van der Waals surface area contributed by atoms with Crippen molar-refractivity contribution in [1.82, 2.24) is 9.80 Å². The zero-order valence-corrected chi connectivity index (χ0v) is 12.4. The van der Waals surface area contributed by atoms with Crippen LogP contribution < -0.4 is 11.5 Å². The molecule has 20 heavy (non-hydrogen) atoms. The first kappa shape index (κ1) is 14.2. The second-order valence-corrected chi connectivity index (χ2v) is 7.33. The molecule has 0 aromatic heterocycles. The molecule has 0 spiro atoms. The molecule has 6 nitrogen and oxygen atoms in total. The maximum absolute atomic E-state index is 12.7. The first-order valence-corrected chi connectivity index (χ1v) is 8.31. The highest BCUT2D eigenvalue weighted by molar-refractivity contribution is 8.00. The van der Waals surface area contributed by atoms with Gasteiger partial charge in [0.05, 0.1) is 5.37 Å². The Morgan fingerprint density at radius 1 is 1.35 bits per heavy atom. The molecule has 7 heteroatoms. The number of primary amides is 1. The van der Waals surface area contributed by atoms with Gasteiger partial charge in [0.2, 0.25) is 11.8 Å². The van der Waals surface area contributed by atoms with Crippen molar-refractivity contribution in [2.24, 2.45) is 11.5 Å². The number of amides is 2. The molecular formula is C13H22N4O2S. The molecule has 3 rings (SSSR count). The molecular weight excluding hydrogens is 276 g/mol. The molecule has 2 amide bonds. The van der Waals surface area contributed by atoms with Crippen LogP contribution in [0.5, 0.6) is 0 Å². The van der Waals surface area contributed by atoms with Gasteiger partial charge in [-0.05, 0) is 25.9 Å². The molecule has 0 saturated carbocycles. The first-order valence-electron chi connectivity index (χ1n) is 7.26. The maximum Gasteiger partial charge on any atom is 0.245 e. The number of rotatable bonds is 3. The minimum absolute atomic E-state index is 0.0230. The second kappa shape index (κ2) is 5.20. The van der Waals surface area contributed by atoms with Crippen LogP contribution in [-0.4, -0.2) is 64.0 Å². The third-order valence-corrected chi connectivity index (χ3v) is 5.86. The molecule has 0 aliphatic carbocycles. The van der Waals surface area contributed by atoms with E-state index >= 15 is 0 Å². The molecule has 4 N–H and O–H groups in total. The van der Waals surface area contributed by atoms with Crippen LogP contribution in [0.4, 0.5) is 0 Å². The fraction of sp³-hybridized carbons (Fsp3) is 0.846. The lowest BCUT2D eigenvalue weighted by Crippen LogP contribution is -2.58. The fourth-order valence-corrected chi connectivity index (χ4v) is 5.06. The maximum atomic E-state index is 12.7. The third kappa shape index (κ3) is 2.31. The molecule has 112 valence electrons. The molecule has 3 saturated heterocycles. The van der Waals surface area contributed by atoms with Gasteiger partial charge in [-0.1, -0.05) is 6.42 Å². The summed E-state index contributed by atoms with van der Waals surface area (Å²) in [6.07, 6.45) is 4.24. The van der Waals surface area contributed by atoms with Gasteiger partial charge in [-0.3, -0.25) is 9.59 Å². The van der Waals surface area contributed by atoms with Crippen LogP contribution in [0.3, 0.4) is 0 Å². The zero-order chi connectivity index (χ0) is 14.3. The van der Waals surface area contributed by atoms with Gasteiger partial charge in [-0.15, -0.1) is 11.8 Å². The van der Waals surface area contributed by atoms with E-state index in [1.54, 1.807) is 16.7 Å². The highest BCUT2D eigenvalue weighted by Gasteiger charge is 2.56. The topological polar surface area (TPSA) is 92.7 Å². The molecule has 3 aliphatic rings. The predicted octanol–water partition coefficient (Wildman–Crippen LogP) is -0.671. The molecule has 0 unspecified atom stereocenters. The van der Waals surface area contributed by atoms with Gasteiger partial charge in [0.25, 0.3) is 0 Å². The van der Waals surface area contributed by atoms with Crippen LogP contribution in [0.25, 0.3) is 0 Å². The Morgan fingerprint density at radius 3 is 2.70 bits per heavy atom. The van der Waals surface area contributed by atoms with Crippen LogP contribution >= 0.6 is 11.8 Å². The summed E-state index contributed by atoms with van der Waals surface area (Å²) in [5.74, 6) is 0.0865. The Bertz CT molecular complexity index is 427. The number of carbonyl (C=O) groups excluding carboxylic acids is 2. The number of thioether (sulfide) groups is 1. The summed E-state index contributed by atoms with van der Waals surface area (Å²) in [4.78, 5) is 28.0. The summed E-state index contributed by atoms with van der Waals surface area (Å²) in [5.41, 5.74) is 10.9. The van der Waals surface area contributed by atoms with E-state index in [9.17, 15) is 9.59 Å². The first-order chi connectivity index (χ1) is 9.51. The number of hydrogen-bond donors (Lipinski definition) is 2. The van der Waals surface area contributed by atoms with Gasteiger partial charge in [-0.25, -0.2) is 0 Å². The van der Waals surface area contributed by atoms with Crippen LogP contribution in [0, 0.1) is 0 Å². The van der Waals surface area contributed by atoms with E-state index in [1.807, 2.05) is 0 Å². The molecule has 0 aromatic rings. The average molecular weight is 298 g/mol. The van der Waals surface area contributed by atoms with E-state index in [2.05, 4.69) is 4.90 Å². The lowest BCUT2D eigenvalue weighted by atomic mass is 9.97. The number of hydrogen-bond acceptors (Lipinski definition) is 5. The summed E-state index contributed by atoms with van der Waals surface area (Å²) in [6.45, 7) is 2.64. The van der Waals surface area contributed by atoms with Crippen LogP contribution in [0.2, 0.25) is 0 Å². The minimum Gasteiger partial charge on any atom is -0.368 e. The van der Waals surface area contributed by atoms with Crippen molar-refractivity contribution in [2.45, 2.75) is 42.6 Å². The third-order valence-electron chi connectivity index (χ3n) is 4.57. The van der Waals surface area contributed by atoms with Crippen molar-refractivity contribution in [2.75, 3.05) is 25.4 Å². The van der Waals surface area contributed by atoms with Crippen molar-refractivity contribution in [3.8, 4) is 0 Å². The molecule has 0 bridgehead atoms. The molecule has 3 atom stereocenters. The summed E-state index contributed by atoms with van der Waals surface area (Å²) < 4.78 is 0. The Kier molecular flexibility index (Phi) is 3.68.